The van der Waals surface area contributed by atoms with E-state index in [-0.39, 0.29) is 0 Å². The number of halogens is 1. The zero-order valence-electron chi connectivity index (χ0n) is 4.69. The molecule has 0 rings (SSSR count). The van der Waals surface area contributed by atoms with Crippen molar-refractivity contribution in [3.05, 3.63) is 9.53 Å². The highest BCUT2D eigenvalue weighted by Gasteiger charge is 1.95. The van der Waals surface area contributed by atoms with Gasteiger partial charge in [0, 0.05) is 0 Å². The second-order valence-corrected chi connectivity index (χ2v) is 2.78. The molecule has 0 fully saturated rings. The third-order valence-corrected chi connectivity index (χ3v) is 1.73. The maximum atomic E-state index is 8.38. The minimum atomic E-state index is -0.535. The highest BCUT2D eigenvalue weighted by Crippen LogP contribution is 2.14. The van der Waals surface area contributed by atoms with Crippen LogP contribution in [0.4, 0.5) is 0 Å². The van der Waals surface area contributed by atoms with Gasteiger partial charge in [-0.05, 0) is 29.0 Å². The summed E-state index contributed by atoms with van der Waals surface area (Å²) in [5, 5.41) is 16.8. The van der Waals surface area contributed by atoms with Crippen LogP contribution in [-0.2, 0) is 0 Å². The number of hydrogen-bond acceptors (Lipinski definition) is 2. The Bertz CT molecular complexity index is 94.6. The molecule has 0 radical (unpaired) electrons. The largest absolute Gasteiger partial charge is 0.481 e. The molecule has 0 aromatic rings. The Morgan fingerprint density at radius 3 is 2.12 bits per heavy atom. The highest BCUT2D eigenvalue weighted by molar-refractivity contribution is 14.1. The molecule has 0 aromatic heterocycles. The summed E-state index contributed by atoms with van der Waals surface area (Å²) in [5.41, 5.74) is 0. The van der Waals surface area contributed by atoms with Gasteiger partial charge in [-0.1, -0.05) is 13.3 Å². The van der Waals surface area contributed by atoms with E-state index >= 15 is 0 Å². The summed E-state index contributed by atoms with van der Waals surface area (Å²) in [7, 11) is 0. The number of hydrogen-bond donors (Lipinski definition) is 2. The van der Waals surface area contributed by atoms with Crippen LogP contribution < -0.4 is 0 Å². The van der Waals surface area contributed by atoms with Crippen LogP contribution in [0.3, 0.4) is 0 Å². The standard InChI is InChI=1S/C5H9IO2/c1-2-3-4(6)5(7)8/h7-8H,2-3H2,1H3. The molecule has 0 bridgehead atoms. The third kappa shape index (κ3) is 3.12. The summed E-state index contributed by atoms with van der Waals surface area (Å²) >= 11 is 1.91. The molecule has 0 aliphatic carbocycles. The molecule has 0 aromatic carbocycles. The van der Waals surface area contributed by atoms with E-state index in [0.717, 1.165) is 12.8 Å². The second kappa shape index (κ2) is 4.00. The van der Waals surface area contributed by atoms with Gasteiger partial charge in [0.25, 0.3) is 5.95 Å². The Balaban J connectivity index is 3.62. The molecule has 0 spiro atoms. The molecular formula is C5H9IO2. The number of aliphatic hydroxyl groups excluding tert-OH is 1. The van der Waals surface area contributed by atoms with Crippen LogP contribution >= 0.6 is 22.6 Å². The second-order valence-electron chi connectivity index (χ2n) is 1.48. The van der Waals surface area contributed by atoms with Gasteiger partial charge in [0.2, 0.25) is 0 Å². The average Bonchev–Trinajstić information content (AvgIpc) is 1.67. The van der Waals surface area contributed by atoms with Gasteiger partial charge >= 0.3 is 0 Å². The quantitative estimate of drug-likeness (QED) is 0.563. The van der Waals surface area contributed by atoms with E-state index in [1.807, 2.05) is 29.5 Å². The van der Waals surface area contributed by atoms with Gasteiger partial charge in [-0.25, -0.2) is 0 Å². The smallest absolute Gasteiger partial charge is 0.283 e. The van der Waals surface area contributed by atoms with Crippen LogP contribution in [0.1, 0.15) is 19.8 Å². The first-order chi connectivity index (χ1) is 3.68. The van der Waals surface area contributed by atoms with Gasteiger partial charge in [-0.15, -0.1) is 0 Å². The Morgan fingerprint density at radius 2 is 2.00 bits per heavy atom. The molecule has 2 nitrogen and oxygen atoms in total. The SMILES string of the molecule is CCCC(I)=C(O)O. The van der Waals surface area contributed by atoms with Crippen molar-refractivity contribution in [3.8, 4) is 0 Å². The van der Waals surface area contributed by atoms with Crippen molar-refractivity contribution in [2.45, 2.75) is 19.8 Å². The van der Waals surface area contributed by atoms with Crippen LogP contribution in [0.5, 0.6) is 0 Å². The lowest BCUT2D eigenvalue weighted by Gasteiger charge is -1.92. The fourth-order valence-corrected chi connectivity index (χ4v) is 0.871. The van der Waals surface area contributed by atoms with Crippen molar-refractivity contribution in [1.29, 1.82) is 0 Å². The lowest BCUT2D eigenvalue weighted by Crippen LogP contribution is -1.80. The van der Waals surface area contributed by atoms with Gasteiger partial charge < -0.3 is 10.2 Å². The van der Waals surface area contributed by atoms with Gasteiger partial charge in [0.1, 0.15) is 0 Å². The molecule has 48 valence electrons. The molecule has 8 heavy (non-hydrogen) atoms. The number of rotatable bonds is 2. The van der Waals surface area contributed by atoms with Crippen molar-refractivity contribution >= 4 is 22.6 Å². The van der Waals surface area contributed by atoms with Crippen LogP contribution in [-0.4, -0.2) is 10.2 Å². The van der Waals surface area contributed by atoms with E-state index in [9.17, 15) is 0 Å². The first-order valence-corrected chi connectivity index (χ1v) is 3.53. The normalized spacial score (nSPS) is 8.75. The zero-order valence-corrected chi connectivity index (χ0v) is 6.84. The van der Waals surface area contributed by atoms with Gasteiger partial charge in [0.05, 0.1) is 3.58 Å². The maximum absolute atomic E-state index is 8.38. The fourth-order valence-electron chi connectivity index (χ4n) is 0.331. The maximum Gasteiger partial charge on any atom is 0.283 e. The Kier molecular flexibility index (Phi) is 4.03. The van der Waals surface area contributed by atoms with E-state index in [0.29, 0.717) is 3.58 Å². The topological polar surface area (TPSA) is 40.5 Å². The molecular weight excluding hydrogens is 219 g/mol. The highest BCUT2D eigenvalue weighted by atomic mass is 127. The van der Waals surface area contributed by atoms with Crippen molar-refractivity contribution in [2.24, 2.45) is 0 Å². The third-order valence-electron chi connectivity index (χ3n) is 0.712. The summed E-state index contributed by atoms with van der Waals surface area (Å²) in [4.78, 5) is 0. The molecule has 0 unspecified atom stereocenters. The first kappa shape index (κ1) is 8.07. The summed E-state index contributed by atoms with van der Waals surface area (Å²) < 4.78 is 0.630. The molecule has 3 heteroatoms. The van der Waals surface area contributed by atoms with Crippen molar-refractivity contribution < 1.29 is 10.2 Å². The zero-order chi connectivity index (χ0) is 6.57. The molecule has 2 N–H and O–H groups in total. The van der Waals surface area contributed by atoms with Crippen molar-refractivity contribution in [1.82, 2.24) is 0 Å². The molecule has 0 amide bonds. The molecule has 0 saturated heterocycles. The van der Waals surface area contributed by atoms with E-state index in [1.165, 1.54) is 0 Å². The Labute approximate surface area is 62.4 Å². The molecule has 0 saturated carbocycles. The molecule has 0 heterocycles. The van der Waals surface area contributed by atoms with E-state index in [4.69, 9.17) is 10.2 Å². The molecule has 0 atom stereocenters. The summed E-state index contributed by atoms with van der Waals surface area (Å²) in [6.45, 7) is 1.99. The van der Waals surface area contributed by atoms with Crippen LogP contribution in [0.15, 0.2) is 9.53 Å². The summed E-state index contributed by atoms with van der Waals surface area (Å²) in [6, 6.07) is 0. The van der Waals surface area contributed by atoms with Gasteiger partial charge in [-0.3, -0.25) is 0 Å². The monoisotopic (exact) mass is 228 g/mol. The summed E-state index contributed by atoms with van der Waals surface area (Å²) in [6.07, 6.45) is 1.70. The summed E-state index contributed by atoms with van der Waals surface area (Å²) in [5.74, 6) is -0.535. The number of allylic oxidation sites excluding steroid dienone is 1. The van der Waals surface area contributed by atoms with Gasteiger partial charge in [0.15, 0.2) is 0 Å². The minimum absolute atomic E-state index is 0.535. The average molecular weight is 228 g/mol. The van der Waals surface area contributed by atoms with Crippen LogP contribution in [0.2, 0.25) is 0 Å². The van der Waals surface area contributed by atoms with E-state index < -0.39 is 5.95 Å². The lowest BCUT2D eigenvalue weighted by molar-refractivity contribution is 0.188. The van der Waals surface area contributed by atoms with E-state index in [2.05, 4.69) is 0 Å². The Hall–Kier alpha value is 0.0700. The van der Waals surface area contributed by atoms with Crippen LogP contribution in [0, 0.1) is 0 Å². The van der Waals surface area contributed by atoms with Gasteiger partial charge in [-0.2, -0.15) is 0 Å². The fraction of sp³-hybridized carbons (Fsp3) is 0.600. The number of aliphatic hydroxyl groups is 2. The predicted octanol–water partition coefficient (Wildman–Crippen LogP) is 2.51. The molecule has 0 aliphatic heterocycles. The van der Waals surface area contributed by atoms with Crippen molar-refractivity contribution in [2.75, 3.05) is 0 Å². The van der Waals surface area contributed by atoms with Crippen LogP contribution in [0.25, 0.3) is 0 Å². The first-order valence-electron chi connectivity index (χ1n) is 2.45. The Morgan fingerprint density at radius 1 is 1.50 bits per heavy atom. The van der Waals surface area contributed by atoms with Crippen molar-refractivity contribution in [3.63, 3.8) is 0 Å². The predicted molar refractivity (Wildman–Crippen MR) is 41.2 cm³/mol. The molecule has 0 aliphatic rings. The lowest BCUT2D eigenvalue weighted by atomic mass is 10.3. The minimum Gasteiger partial charge on any atom is -0.481 e. The van der Waals surface area contributed by atoms with E-state index in [1.54, 1.807) is 0 Å².